The average Bonchev–Trinajstić information content (AvgIpc) is 3.11. The zero-order chi connectivity index (χ0) is 23.4. The molecule has 0 aliphatic rings. The van der Waals surface area contributed by atoms with Gasteiger partial charge in [0.1, 0.15) is 23.8 Å². The highest BCUT2D eigenvalue weighted by atomic mass is 16.5. The van der Waals surface area contributed by atoms with Gasteiger partial charge in [-0.25, -0.2) is 4.79 Å². The van der Waals surface area contributed by atoms with Gasteiger partial charge in [-0.2, -0.15) is 9.78 Å². The molecule has 4 aromatic rings. The van der Waals surface area contributed by atoms with Crippen LogP contribution in [0.2, 0.25) is 0 Å². The molecule has 0 radical (unpaired) electrons. The number of ether oxygens (including phenoxy) is 1. The topological polar surface area (TPSA) is 130 Å². The van der Waals surface area contributed by atoms with Gasteiger partial charge in [-0.1, -0.05) is 36.4 Å². The van der Waals surface area contributed by atoms with Crippen molar-refractivity contribution < 1.29 is 24.9 Å². The van der Waals surface area contributed by atoms with Gasteiger partial charge >= 0.3 is 5.97 Å². The number of aromatic hydroxyl groups is 2. The molecule has 3 N–H and O–H groups in total. The van der Waals surface area contributed by atoms with Crippen molar-refractivity contribution >= 4 is 17.3 Å². The molecule has 0 bridgehead atoms. The highest BCUT2D eigenvalue weighted by Crippen LogP contribution is 2.37. The number of carboxylic acid groups (broad SMARTS) is 1. The Morgan fingerprint density at radius 2 is 1.64 bits per heavy atom. The smallest absolute Gasteiger partial charge is 0.338 e. The minimum Gasteiger partial charge on any atom is -0.506 e. The van der Waals surface area contributed by atoms with Crippen molar-refractivity contribution in [2.75, 3.05) is 0 Å². The zero-order valence-electron chi connectivity index (χ0n) is 17.6. The second kappa shape index (κ2) is 9.23. The van der Waals surface area contributed by atoms with Crippen molar-refractivity contribution in [2.24, 2.45) is 10.2 Å². The minimum atomic E-state index is -1.26. The molecule has 3 aromatic carbocycles. The number of benzene rings is 3. The third-order valence-electron chi connectivity index (χ3n) is 4.83. The molecule has 0 aliphatic heterocycles. The summed E-state index contributed by atoms with van der Waals surface area (Å²) in [6, 6.07) is 20.8. The summed E-state index contributed by atoms with van der Waals surface area (Å²) >= 11 is 0. The number of nitrogens with zero attached hydrogens (tertiary/aromatic N) is 4. The van der Waals surface area contributed by atoms with Crippen LogP contribution in [0.5, 0.6) is 17.4 Å². The second-order valence-corrected chi connectivity index (χ2v) is 7.12. The lowest BCUT2D eigenvalue weighted by molar-refractivity contribution is 0.0697. The summed E-state index contributed by atoms with van der Waals surface area (Å²) in [6.07, 6.45) is 0. The van der Waals surface area contributed by atoms with Crippen LogP contribution in [-0.2, 0) is 6.61 Å². The Kier molecular flexibility index (Phi) is 6.03. The monoisotopic (exact) mass is 444 g/mol. The first-order valence-corrected chi connectivity index (χ1v) is 9.97. The van der Waals surface area contributed by atoms with Gasteiger partial charge in [0.15, 0.2) is 5.69 Å². The van der Waals surface area contributed by atoms with Gasteiger partial charge in [-0.3, -0.25) is 0 Å². The Bertz CT molecular complexity index is 1310. The lowest BCUT2D eigenvalue weighted by atomic mass is 10.1. The number of aryl methyl sites for hydroxylation is 1. The van der Waals surface area contributed by atoms with Crippen LogP contribution >= 0.6 is 0 Å². The predicted octanol–water partition coefficient (Wildman–Crippen LogP) is 5.28. The van der Waals surface area contributed by atoms with Crippen LogP contribution in [0.1, 0.15) is 21.6 Å². The van der Waals surface area contributed by atoms with E-state index in [0.717, 1.165) is 5.56 Å². The van der Waals surface area contributed by atoms with Gasteiger partial charge in [0.2, 0.25) is 5.88 Å². The first kappa shape index (κ1) is 21.6. The van der Waals surface area contributed by atoms with Crippen molar-refractivity contribution in [3.8, 4) is 23.1 Å². The highest BCUT2D eigenvalue weighted by molar-refractivity contribution is 5.94. The number of phenols is 1. The van der Waals surface area contributed by atoms with E-state index in [9.17, 15) is 20.1 Å². The molecule has 166 valence electrons. The van der Waals surface area contributed by atoms with E-state index in [1.54, 1.807) is 31.2 Å². The highest BCUT2D eigenvalue weighted by Gasteiger charge is 2.18. The van der Waals surface area contributed by atoms with E-state index >= 15 is 0 Å². The van der Waals surface area contributed by atoms with E-state index in [0.29, 0.717) is 23.7 Å². The minimum absolute atomic E-state index is 0.0546. The number of carboxylic acids is 1. The first-order chi connectivity index (χ1) is 15.9. The van der Waals surface area contributed by atoms with Crippen LogP contribution in [0, 0.1) is 6.92 Å². The SMILES string of the molecule is Cc1nn(-c2ccc(OCc3ccccc3)cc2)c(O)c1N=Nc1c(O)cccc1C(=O)O. The number of hydrogen-bond acceptors (Lipinski definition) is 7. The quantitative estimate of drug-likeness (QED) is 0.332. The molecular weight excluding hydrogens is 424 g/mol. The number of aromatic carboxylic acids is 1. The Labute approximate surface area is 188 Å². The Morgan fingerprint density at radius 1 is 0.939 bits per heavy atom. The zero-order valence-corrected chi connectivity index (χ0v) is 17.6. The van der Waals surface area contributed by atoms with Gasteiger partial charge in [0, 0.05) is 0 Å². The van der Waals surface area contributed by atoms with Crippen LogP contribution < -0.4 is 4.74 Å². The van der Waals surface area contributed by atoms with Crippen molar-refractivity contribution in [1.29, 1.82) is 0 Å². The summed E-state index contributed by atoms with van der Waals surface area (Å²) < 4.78 is 7.06. The van der Waals surface area contributed by atoms with Crippen molar-refractivity contribution in [3.63, 3.8) is 0 Å². The molecule has 9 nitrogen and oxygen atoms in total. The number of hydrogen-bond donors (Lipinski definition) is 3. The van der Waals surface area contributed by atoms with E-state index in [-0.39, 0.29) is 28.6 Å². The normalized spacial score (nSPS) is 11.1. The van der Waals surface area contributed by atoms with Crippen molar-refractivity contribution in [3.05, 3.63) is 89.6 Å². The van der Waals surface area contributed by atoms with Crippen molar-refractivity contribution in [1.82, 2.24) is 9.78 Å². The number of carbonyl (C=O) groups is 1. The molecule has 1 heterocycles. The predicted molar refractivity (Wildman–Crippen MR) is 120 cm³/mol. The molecule has 0 unspecified atom stereocenters. The van der Waals surface area contributed by atoms with Crippen LogP contribution in [-0.4, -0.2) is 31.1 Å². The third-order valence-corrected chi connectivity index (χ3v) is 4.83. The number of azo groups is 1. The molecule has 1 aromatic heterocycles. The maximum atomic E-state index is 11.4. The molecule has 0 fully saturated rings. The first-order valence-electron chi connectivity index (χ1n) is 9.97. The lowest BCUT2D eigenvalue weighted by Crippen LogP contribution is -1.98. The summed E-state index contributed by atoms with van der Waals surface area (Å²) in [4.78, 5) is 11.4. The summed E-state index contributed by atoms with van der Waals surface area (Å²) in [5, 5.41) is 42.0. The van der Waals surface area contributed by atoms with Crippen molar-refractivity contribution in [2.45, 2.75) is 13.5 Å². The Morgan fingerprint density at radius 3 is 2.33 bits per heavy atom. The molecule has 0 saturated carbocycles. The van der Waals surface area contributed by atoms with E-state index in [4.69, 9.17) is 4.74 Å². The average molecular weight is 444 g/mol. The Balaban J connectivity index is 1.56. The fourth-order valence-electron chi connectivity index (χ4n) is 3.14. The summed E-state index contributed by atoms with van der Waals surface area (Å²) in [7, 11) is 0. The van der Waals surface area contributed by atoms with Gasteiger partial charge in [0.05, 0.1) is 16.9 Å². The number of phenolic OH excluding ortho intramolecular Hbond substituents is 1. The molecule has 33 heavy (non-hydrogen) atoms. The third kappa shape index (κ3) is 4.67. The molecule has 0 amide bonds. The van der Waals surface area contributed by atoms with Crippen LogP contribution in [0.4, 0.5) is 11.4 Å². The summed E-state index contributed by atoms with van der Waals surface area (Å²) in [5.41, 5.74) is 1.61. The fraction of sp³-hybridized carbons (Fsp3) is 0.0833. The number of rotatable bonds is 7. The molecule has 0 aliphatic carbocycles. The maximum absolute atomic E-state index is 11.4. The standard InChI is InChI=1S/C24H20N4O5/c1-15-21(25-26-22-19(24(31)32)8-5-9-20(22)29)23(30)28(27-15)17-10-12-18(13-11-17)33-14-16-6-3-2-4-7-16/h2-13,29-30H,14H2,1H3,(H,31,32). The second-order valence-electron chi connectivity index (χ2n) is 7.12. The molecule has 0 saturated heterocycles. The van der Waals surface area contributed by atoms with Crippen LogP contribution in [0.3, 0.4) is 0 Å². The molecule has 0 atom stereocenters. The largest absolute Gasteiger partial charge is 0.506 e. The fourth-order valence-corrected chi connectivity index (χ4v) is 3.14. The molecule has 9 heteroatoms. The van der Waals surface area contributed by atoms with Gasteiger partial charge in [-0.15, -0.1) is 10.2 Å². The Hall–Kier alpha value is -4.66. The van der Waals surface area contributed by atoms with Crippen LogP contribution in [0.25, 0.3) is 5.69 Å². The molecule has 4 rings (SSSR count). The van der Waals surface area contributed by atoms with E-state index in [2.05, 4.69) is 15.3 Å². The summed E-state index contributed by atoms with van der Waals surface area (Å²) in [6.45, 7) is 2.06. The van der Waals surface area contributed by atoms with E-state index < -0.39 is 5.97 Å². The lowest BCUT2D eigenvalue weighted by Gasteiger charge is -2.08. The molecule has 0 spiro atoms. The number of aromatic nitrogens is 2. The van der Waals surface area contributed by atoms with Crippen LogP contribution in [0.15, 0.2) is 83.0 Å². The maximum Gasteiger partial charge on any atom is 0.338 e. The van der Waals surface area contributed by atoms with E-state index in [1.165, 1.54) is 22.9 Å². The van der Waals surface area contributed by atoms with Gasteiger partial charge < -0.3 is 20.1 Å². The summed E-state index contributed by atoms with van der Waals surface area (Å²) in [5.74, 6) is -1.21. The van der Waals surface area contributed by atoms with Gasteiger partial charge in [-0.05, 0) is 48.9 Å². The van der Waals surface area contributed by atoms with Gasteiger partial charge in [0.25, 0.3) is 0 Å². The molecular formula is C24H20N4O5. The van der Waals surface area contributed by atoms with E-state index in [1.807, 2.05) is 30.3 Å².